The quantitative estimate of drug-likeness (QED) is 0.577. The minimum absolute atomic E-state index is 0.153. The van der Waals surface area contributed by atoms with Gasteiger partial charge in [-0.1, -0.05) is 48.5 Å². The molecule has 0 aliphatic heterocycles. The molecule has 1 amide bonds. The van der Waals surface area contributed by atoms with Gasteiger partial charge in [0.25, 0.3) is 5.91 Å². The number of furan rings is 1. The lowest BCUT2D eigenvalue weighted by atomic mass is 10.1. The molecule has 0 fully saturated rings. The van der Waals surface area contributed by atoms with Gasteiger partial charge in [-0.05, 0) is 42.7 Å². The van der Waals surface area contributed by atoms with Gasteiger partial charge in [0.1, 0.15) is 11.5 Å². The third kappa shape index (κ3) is 5.10. The van der Waals surface area contributed by atoms with Crippen LogP contribution >= 0.6 is 0 Å². The Morgan fingerprint density at radius 1 is 0.929 bits per heavy atom. The maximum atomic E-state index is 12.5. The average molecular weight is 397 g/mol. The zero-order chi connectivity index (χ0) is 20.0. The summed E-state index contributed by atoms with van der Waals surface area (Å²) in [6.07, 6.45) is 1.72. The van der Waals surface area contributed by atoms with Crippen LogP contribution in [-0.2, 0) is 22.0 Å². The second-order valence-electron chi connectivity index (χ2n) is 6.65. The number of sulfone groups is 1. The Bertz CT molecular complexity index is 1010. The zero-order valence-corrected chi connectivity index (χ0v) is 16.6. The van der Waals surface area contributed by atoms with Gasteiger partial charge in [0, 0.05) is 13.6 Å². The van der Waals surface area contributed by atoms with Crippen molar-refractivity contribution in [1.29, 1.82) is 0 Å². The molecule has 2 aromatic carbocycles. The first-order chi connectivity index (χ1) is 13.5. The van der Waals surface area contributed by atoms with Crippen molar-refractivity contribution in [3.8, 4) is 0 Å². The Hall–Kier alpha value is -2.86. The largest absolute Gasteiger partial charge is 0.455 e. The minimum Gasteiger partial charge on any atom is -0.455 e. The Morgan fingerprint density at radius 3 is 2.25 bits per heavy atom. The number of nitrogens with zero attached hydrogens (tertiary/aromatic N) is 1. The summed E-state index contributed by atoms with van der Waals surface area (Å²) in [7, 11) is -1.79. The van der Waals surface area contributed by atoms with Crippen LogP contribution in [0.3, 0.4) is 0 Å². The highest BCUT2D eigenvalue weighted by molar-refractivity contribution is 7.90. The summed E-state index contributed by atoms with van der Waals surface area (Å²) < 4.78 is 30.4. The lowest BCUT2D eigenvalue weighted by Gasteiger charge is -2.15. The van der Waals surface area contributed by atoms with Gasteiger partial charge in [-0.2, -0.15) is 0 Å². The van der Waals surface area contributed by atoms with Crippen LogP contribution in [0.1, 0.15) is 28.3 Å². The first kappa shape index (κ1) is 19.9. The molecule has 0 bridgehead atoms. The molecule has 6 heteroatoms. The average Bonchev–Trinajstić information content (AvgIpc) is 3.16. The highest BCUT2D eigenvalue weighted by atomic mass is 32.2. The van der Waals surface area contributed by atoms with Gasteiger partial charge in [-0.15, -0.1) is 0 Å². The summed E-state index contributed by atoms with van der Waals surface area (Å²) >= 11 is 0. The summed E-state index contributed by atoms with van der Waals surface area (Å²) in [6, 6.07) is 21.4. The number of amides is 1. The van der Waals surface area contributed by atoms with Gasteiger partial charge in [0.2, 0.25) is 0 Å². The maximum absolute atomic E-state index is 12.5. The number of carbonyl (C=O) groups is 1. The van der Waals surface area contributed by atoms with Crippen LogP contribution in [0.5, 0.6) is 0 Å². The van der Waals surface area contributed by atoms with Crippen LogP contribution in [0.25, 0.3) is 0 Å². The molecule has 0 unspecified atom stereocenters. The molecule has 28 heavy (non-hydrogen) atoms. The number of benzene rings is 2. The smallest absolute Gasteiger partial charge is 0.289 e. The Kier molecular flexibility index (Phi) is 6.31. The van der Waals surface area contributed by atoms with E-state index in [9.17, 15) is 13.2 Å². The molecule has 0 aliphatic rings. The Morgan fingerprint density at radius 2 is 1.57 bits per heavy atom. The topological polar surface area (TPSA) is 67.6 Å². The van der Waals surface area contributed by atoms with E-state index >= 15 is 0 Å². The molecule has 0 atom stereocenters. The van der Waals surface area contributed by atoms with Gasteiger partial charge in [0.15, 0.2) is 15.6 Å². The van der Waals surface area contributed by atoms with Gasteiger partial charge >= 0.3 is 0 Å². The van der Waals surface area contributed by atoms with E-state index in [0.29, 0.717) is 6.54 Å². The van der Waals surface area contributed by atoms with Crippen molar-refractivity contribution in [3.05, 3.63) is 89.9 Å². The van der Waals surface area contributed by atoms with Gasteiger partial charge in [-0.3, -0.25) is 4.79 Å². The van der Waals surface area contributed by atoms with Crippen LogP contribution in [0.4, 0.5) is 0 Å². The molecular formula is C22H23NO4S. The number of aryl methyl sites for hydroxylation is 1. The van der Waals surface area contributed by atoms with Crippen molar-refractivity contribution in [1.82, 2.24) is 4.90 Å². The molecule has 3 rings (SSSR count). The van der Waals surface area contributed by atoms with Crippen molar-refractivity contribution >= 4 is 15.7 Å². The molecule has 0 N–H and O–H groups in total. The molecule has 1 heterocycles. The van der Waals surface area contributed by atoms with E-state index in [-0.39, 0.29) is 28.1 Å². The predicted octanol–water partition coefficient (Wildman–Crippen LogP) is 3.96. The highest BCUT2D eigenvalue weighted by Gasteiger charge is 2.20. The van der Waals surface area contributed by atoms with Crippen molar-refractivity contribution in [2.75, 3.05) is 13.6 Å². The lowest BCUT2D eigenvalue weighted by molar-refractivity contribution is 0.0760. The lowest BCUT2D eigenvalue weighted by Crippen LogP contribution is -2.27. The molecular weight excluding hydrogens is 374 g/mol. The molecule has 146 valence electrons. The Balaban J connectivity index is 1.57. The number of hydrogen-bond acceptors (Lipinski definition) is 4. The van der Waals surface area contributed by atoms with E-state index in [1.54, 1.807) is 48.3 Å². The van der Waals surface area contributed by atoms with Gasteiger partial charge in [0.05, 0.1) is 4.90 Å². The summed E-state index contributed by atoms with van der Waals surface area (Å²) in [4.78, 5) is 14.3. The third-order valence-corrected chi connectivity index (χ3v) is 6.11. The number of hydrogen-bond donors (Lipinski definition) is 0. The van der Waals surface area contributed by atoms with E-state index in [1.807, 2.05) is 18.2 Å². The first-order valence-corrected chi connectivity index (χ1v) is 10.8. The molecule has 0 saturated carbocycles. The predicted molar refractivity (Wildman–Crippen MR) is 108 cm³/mol. The first-order valence-electron chi connectivity index (χ1n) is 9.11. The molecule has 1 aromatic heterocycles. The van der Waals surface area contributed by atoms with Gasteiger partial charge in [-0.25, -0.2) is 8.42 Å². The second kappa shape index (κ2) is 8.89. The number of carbonyl (C=O) groups excluding carboxylic acids is 1. The van der Waals surface area contributed by atoms with Crippen molar-refractivity contribution in [2.45, 2.75) is 23.5 Å². The van der Waals surface area contributed by atoms with Crippen LogP contribution in [-0.4, -0.2) is 32.8 Å². The summed E-state index contributed by atoms with van der Waals surface area (Å²) in [5.41, 5.74) is 1.23. The standard InChI is InChI=1S/C22H23NO4S/c1-23(16-8-11-18-9-4-2-5-10-18)22(24)21-15-14-19(27-21)17-28(25,26)20-12-6-3-7-13-20/h2-7,9-10,12-15H,8,11,16-17H2,1H3. The SMILES string of the molecule is CN(CCCc1ccccc1)C(=O)c1ccc(CS(=O)(=O)c2ccccc2)o1. The van der Waals surface area contributed by atoms with Crippen molar-refractivity contribution in [3.63, 3.8) is 0 Å². The van der Waals surface area contributed by atoms with Crippen LogP contribution in [0.15, 0.2) is 82.1 Å². The fourth-order valence-corrected chi connectivity index (χ4v) is 4.19. The van der Waals surface area contributed by atoms with E-state index in [0.717, 1.165) is 12.8 Å². The summed E-state index contributed by atoms with van der Waals surface area (Å²) in [5, 5.41) is 0. The minimum atomic E-state index is -3.51. The molecule has 0 saturated heterocycles. The zero-order valence-electron chi connectivity index (χ0n) is 15.7. The third-order valence-electron chi connectivity index (χ3n) is 4.46. The monoisotopic (exact) mass is 397 g/mol. The normalized spacial score (nSPS) is 11.3. The fraction of sp³-hybridized carbons (Fsp3) is 0.227. The van der Waals surface area contributed by atoms with E-state index in [4.69, 9.17) is 4.42 Å². The molecule has 3 aromatic rings. The number of rotatable bonds is 8. The van der Waals surface area contributed by atoms with Crippen molar-refractivity contribution in [2.24, 2.45) is 0 Å². The highest BCUT2D eigenvalue weighted by Crippen LogP contribution is 2.19. The van der Waals surface area contributed by atoms with Crippen LogP contribution in [0, 0.1) is 0 Å². The van der Waals surface area contributed by atoms with Gasteiger partial charge < -0.3 is 9.32 Å². The summed E-state index contributed by atoms with van der Waals surface area (Å²) in [5.74, 6) is -0.121. The molecule has 0 radical (unpaired) electrons. The fourth-order valence-electron chi connectivity index (χ4n) is 2.92. The maximum Gasteiger partial charge on any atom is 0.289 e. The summed E-state index contributed by atoms with van der Waals surface area (Å²) in [6.45, 7) is 0.589. The Labute approximate surface area is 165 Å². The van der Waals surface area contributed by atoms with Crippen LogP contribution in [0.2, 0.25) is 0 Å². The molecule has 0 aliphatic carbocycles. The van der Waals surface area contributed by atoms with Crippen LogP contribution < -0.4 is 0 Å². The molecule has 5 nitrogen and oxygen atoms in total. The van der Waals surface area contributed by atoms with Crippen molar-refractivity contribution < 1.29 is 17.6 Å². The second-order valence-corrected chi connectivity index (χ2v) is 8.64. The van der Waals surface area contributed by atoms with E-state index < -0.39 is 9.84 Å². The molecule has 0 spiro atoms. The van der Waals surface area contributed by atoms with E-state index in [2.05, 4.69) is 12.1 Å². The van der Waals surface area contributed by atoms with E-state index in [1.165, 1.54) is 11.6 Å².